The molecular weight excluding hydrogens is 356 g/mol. The molecule has 0 saturated carbocycles. The maximum atomic E-state index is 12.3. The van der Waals surface area contributed by atoms with Crippen LogP contribution in [0.1, 0.15) is 25.8 Å². The largest absolute Gasteiger partial charge is 0.457 e. The van der Waals surface area contributed by atoms with Gasteiger partial charge in [-0.05, 0) is 43.2 Å². The number of allylic oxidation sites excluding steroid dienone is 2. The molecule has 0 radical (unpaired) electrons. The number of hydrogen-bond acceptors (Lipinski definition) is 5. The van der Waals surface area contributed by atoms with Crippen LogP contribution in [0.25, 0.3) is 0 Å². The first-order chi connectivity index (χ1) is 13.6. The average molecular weight is 380 g/mol. The van der Waals surface area contributed by atoms with Crippen molar-refractivity contribution in [3.63, 3.8) is 0 Å². The van der Waals surface area contributed by atoms with Crippen molar-refractivity contribution in [1.82, 2.24) is 5.32 Å². The maximum absolute atomic E-state index is 12.3. The third-order valence-corrected chi connectivity index (χ3v) is 4.15. The van der Waals surface area contributed by atoms with Gasteiger partial charge in [0.2, 0.25) is 6.79 Å². The van der Waals surface area contributed by atoms with E-state index in [2.05, 4.69) is 5.32 Å². The van der Waals surface area contributed by atoms with Gasteiger partial charge in [0.05, 0.1) is 5.57 Å². The SMILES string of the molecule is CC/C=C\C(C(=O)NCc1ccc(Oc2ccc3c(c2)OCO3)cc1)=C(/C)N. The number of amides is 1. The van der Waals surface area contributed by atoms with E-state index in [0.29, 0.717) is 40.8 Å². The number of fused-ring (bicyclic) bond motifs is 1. The molecule has 0 fully saturated rings. The lowest BCUT2D eigenvalue weighted by Crippen LogP contribution is -2.25. The third kappa shape index (κ3) is 4.85. The van der Waals surface area contributed by atoms with E-state index in [-0.39, 0.29) is 12.7 Å². The summed E-state index contributed by atoms with van der Waals surface area (Å²) in [4.78, 5) is 12.3. The topological polar surface area (TPSA) is 82.8 Å². The summed E-state index contributed by atoms with van der Waals surface area (Å²) in [6, 6.07) is 13.0. The van der Waals surface area contributed by atoms with Crippen molar-refractivity contribution >= 4 is 5.91 Å². The van der Waals surface area contributed by atoms with Crippen molar-refractivity contribution in [2.45, 2.75) is 26.8 Å². The van der Waals surface area contributed by atoms with E-state index >= 15 is 0 Å². The van der Waals surface area contributed by atoms with Gasteiger partial charge in [0.25, 0.3) is 5.91 Å². The van der Waals surface area contributed by atoms with Crippen LogP contribution in [0.3, 0.4) is 0 Å². The van der Waals surface area contributed by atoms with Crippen molar-refractivity contribution in [3.8, 4) is 23.0 Å². The summed E-state index contributed by atoms with van der Waals surface area (Å²) in [6.45, 7) is 4.36. The zero-order chi connectivity index (χ0) is 19.9. The molecule has 0 atom stereocenters. The Morgan fingerprint density at radius 2 is 1.86 bits per heavy atom. The Bertz CT molecular complexity index is 897. The van der Waals surface area contributed by atoms with Crippen molar-refractivity contribution in [1.29, 1.82) is 0 Å². The zero-order valence-electron chi connectivity index (χ0n) is 16.0. The van der Waals surface area contributed by atoms with E-state index < -0.39 is 0 Å². The highest BCUT2D eigenvalue weighted by Gasteiger charge is 2.14. The minimum absolute atomic E-state index is 0.189. The quantitative estimate of drug-likeness (QED) is 0.560. The van der Waals surface area contributed by atoms with Crippen molar-refractivity contribution in [2.75, 3.05) is 6.79 Å². The zero-order valence-corrected chi connectivity index (χ0v) is 16.0. The van der Waals surface area contributed by atoms with Crippen molar-refractivity contribution < 1.29 is 19.0 Å². The first kappa shape index (κ1) is 19.4. The van der Waals surface area contributed by atoms with Crippen molar-refractivity contribution in [3.05, 3.63) is 71.5 Å². The molecule has 146 valence electrons. The lowest BCUT2D eigenvalue weighted by Gasteiger charge is -2.09. The Hall–Kier alpha value is -3.41. The van der Waals surface area contributed by atoms with Crippen LogP contribution in [-0.4, -0.2) is 12.7 Å². The van der Waals surface area contributed by atoms with Crippen LogP contribution in [0.2, 0.25) is 0 Å². The molecule has 28 heavy (non-hydrogen) atoms. The van der Waals surface area contributed by atoms with Gasteiger partial charge in [-0.3, -0.25) is 4.79 Å². The maximum Gasteiger partial charge on any atom is 0.253 e. The Kier molecular flexibility index (Phi) is 6.22. The van der Waals surface area contributed by atoms with Gasteiger partial charge >= 0.3 is 0 Å². The van der Waals surface area contributed by atoms with E-state index in [4.69, 9.17) is 19.9 Å². The lowest BCUT2D eigenvalue weighted by molar-refractivity contribution is -0.117. The van der Waals surface area contributed by atoms with Gasteiger partial charge in [0.15, 0.2) is 11.5 Å². The Morgan fingerprint density at radius 3 is 2.57 bits per heavy atom. The minimum Gasteiger partial charge on any atom is -0.457 e. The van der Waals surface area contributed by atoms with Gasteiger partial charge < -0.3 is 25.3 Å². The van der Waals surface area contributed by atoms with Crippen LogP contribution in [0.15, 0.2) is 65.9 Å². The van der Waals surface area contributed by atoms with E-state index in [9.17, 15) is 4.79 Å². The van der Waals surface area contributed by atoms with E-state index in [1.807, 2.05) is 49.4 Å². The fourth-order valence-electron chi connectivity index (χ4n) is 2.65. The second kappa shape index (κ2) is 8.99. The molecule has 3 N–H and O–H groups in total. The molecular formula is C22H24N2O4. The van der Waals surface area contributed by atoms with Gasteiger partial charge in [-0.15, -0.1) is 0 Å². The number of ether oxygens (including phenoxy) is 3. The highest BCUT2D eigenvalue weighted by molar-refractivity contribution is 5.96. The predicted octanol–water partition coefficient (Wildman–Crippen LogP) is 4.02. The summed E-state index contributed by atoms with van der Waals surface area (Å²) < 4.78 is 16.5. The number of rotatable bonds is 7. The van der Waals surface area contributed by atoms with Gasteiger partial charge in [-0.25, -0.2) is 0 Å². The highest BCUT2D eigenvalue weighted by atomic mass is 16.7. The second-order valence-electron chi connectivity index (χ2n) is 6.35. The Balaban J connectivity index is 1.58. The molecule has 0 aromatic heterocycles. The fourth-order valence-corrected chi connectivity index (χ4v) is 2.65. The predicted molar refractivity (Wildman–Crippen MR) is 107 cm³/mol. The van der Waals surface area contributed by atoms with Crippen LogP contribution in [0.4, 0.5) is 0 Å². The third-order valence-electron chi connectivity index (χ3n) is 4.15. The number of carbonyl (C=O) groups is 1. The highest BCUT2D eigenvalue weighted by Crippen LogP contribution is 2.36. The summed E-state index contributed by atoms with van der Waals surface area (Å²) in [5.41, 5.74) is 7.75. The molecule has 6 heteroatoms. The molecule has 3 rings (SSSR count). The van der Waals surface area contributed by atoms with Gasteiger partial charge in [0, 0.05) is 18.3 Å². The van der Waals surface area contributed by atoms with E-state index in [1.54, 1.807) is 19.1 Å². The van der Waals surface area contributed by atoms with E-state index in [1.165, 1.54) is 0 Å². The number of nitrogens with two attached hydrogens (primary N) is 1. The molecule has 6 nitrogen and oxygen atoms in total. The summed E-state index contributed by atoms with van der Waals surface area (Å²) in [5.74, 6) is 2.56. The summed E-state index contributed by atoms with van der Waals surface area (Å²) >= 11 is 0. The van der Waals surface area contributed by atoms with Crippen LogP contribution < -0.4 is 25.3 Å². The summed E-state index contributed by atoms with van der Waals surface area (Å²) in [5, 5.41) is 2.89. The molecule has 1 aliphatic rings. The molecule has 0 saturated heterocycles. The molecule has 2 aromatic carbocycles. The Morgan fingerprint density at radius 1 is 1.14 bits per heavy atom. The Labute approximate surface area is 164 Å². The molecule has 1 aliphatic heterocycles. The molecule has 0 aliphatic carbocycles. The summed E-state index contributed by atoms with van der Waals surface area (Å²) in [7, 11) is 0. The summed E-state index contributed by atoms with van der Waals surface area (Å²) in [6.07, 6.45) is 4.51. The first-order valence-corrected chi connectivity index (χ1v) is 9.14. The molecule has 2 aromatic rings. The first-order valence-electron chi connectivity index (χ1n) is 9.14. The number of hydrogen-bond donors (Lipinski definition) is 2. The van der Waals surface area contributed by atoms with Crippen molar-refractivity contribution in [2.24, 2.45) is 5.73 Å². The molecule has 1 amide bonds. The standard InChI is InChI=1S/C22H24N2O4/c1-3-4-5-19(15(2)23)22(25)24-13-16-6-8-17(9-7-16)28-18-10-11-20-21(12-18)27-14-26-20/h4-12H,3,13-14,23H2,1-2H3,(H,24,25)/b5-4-,19-15-. The number of carbonyl (C=O) groups excluding carboxylic acids is 1. The fraction of sp³-hybridized carbons (Fsp3) is 0.227. The van der Waals surface area contributed by atoms with Gasteiger partial charge in [-0.1, -0.05) is 31.2 Å². The monoisotopic (exact) mass is 380 g/mol. The van der Waals surface area contributed by atoms with E-state index in [0.717, 1.165) is 12.0 Å². The molecule has 0 unspecified atom stereocenters. The van der Waals surface area contributed by atoms with Crippen LogP contribution in [0, 0.1) is 0 Å². The van der Waals surface area contributed by atoms with Crippen LogP contribution in [-0.2, 0) is 11.3 Å². The molecule has 0 bridgehead atoms. The van der Waals surface area contributed by atoms with Crippen LogP contribution >= 0.6 is 0 Å². The molecule has 0 spiro atoms. The smallest absolute Gasteiger partial charge is 0.253 e. The second-order valence-corrected chi connectivity index (χ2v) is 6.35. The van der Waals surface area contributed by atoms with Gasteiger partial charge in [-0.2, -0.15) is 0 Å². The lowest BCUT2D eigenvalue weighted by atomic mass is 10.1. The van der Waals surface area contributed by atoms with Crippen LogP contribution in [0.5, 0.6) is 23.0 Å². The number of nitrogens with one attached hydrogen (secondary N) is 1. The average Bonchev–Trinajstić information content (AvgIpc) is 3.15. The minimum atomic E-state index is -0.189. The number of benzene rings is 2. The van der Waals surface area contributed by atoms with Gasteiger partial charge in [0.1, 0.15) is 11.5 Å². The molecule has 1 heterocycles. The normalized spacial score (nSPS) is 13.4.